The van der Waals surface area contributed by atoms with Gasteiger partial charge in [0.25, 0.3) is 0 Å². The second kappa shape index (κ2) is 5.93. The number of carboxylic acid groups (broad SMARTS) is 1. The molecule has 8 heteroatoms. The summed E-state index contributed by atoms with van der Waals surface area (Å²) in [5, 5.41) is 19.9. The van der Waals surface area contributed by atoms with Crippen molar-refractivity contribution in [2.45, 2.75) is 31.1 Å². The van der Waals surface area contributed by atoms with Crippen LogP contribution in [0.15, 0.2) is 34.9 Å². The van der Waals surface area contributed by atoms with Crippen LogP contribution < -0.4 is 0 Å². The van der Waals surface area contributed by atoms with Crippen molar-refractivity contribution in [1.82, 2.24) is 14.9 Å². The number of aromatic nitrogens is 2. The van der Waals surface area contributed by atoms with Crippen LogP contribution in [0, 0.1) is 11.8 Å². The fraction of sp³-hybridized carbons (Fsp3) is 0.467. The number of thioether (sulfide) groups is 1. The molecule has 1 saturated heterocycles. The molecule has 23 heavy (non-hydrogen) atoms. The molecule has 1 aromatic rings. The third kappa shape index (κ3) is 2.51. The summed E-state index contributed by atoms with van der Waals surface area (Å²) in [4.78, 5) is 33.4. The van der Waals surface area contributed by atoms with Gasteiger partial charge in [0.2, 0.25) is 5.91 Å². The number of carbonyl (C=O) groups is 2. The van der Waals surface area contributed by atoms with Gasteiger partial charge in [0.05, 0.1) is 18.1 Å². The summed E-state index contributed by atoms with van der Waals surface area (Å²) in [5.74, 6) is -1.67. The van der Waals surface area contributed by atoms with Gasteiger partial charge in [-0.2, -0.15) is 0 Å². The van der Waals surface area contributed by atoms with Gasteiger partial charge in [0.15, 0.2) is 5.16 Å². The first-order valence-electron chi connectivity index (χ1n) is 7.30. The van der Waals surface area contributed by atoms with Crippen LogP contribution in [0.25, 0.3) is 0 Å². The van der Waals surface area contributed by atoms with Crippen LogP contribution in [-0.2, 0) is 9.59 Å². The first-order chi connectivity index (χ1) is 10.9. The van der Waals surface area contributed by atoms with Gasteiger partial charge in [-0.1, -0.05) is 18.7 Å². The highest BCUT2D eigenvalue weighted by Crippen LogP contribution is 2.48. The van der Waals surface area contributed by atoms with Gasteiger partial charge in [0.1, 0.15) is 5.70 Å². The third-order valence-electron chi connectivity index (χ3n) is 4.42. The normalized spacial score (nSPS) is 27.7. The van der Waals surface area contributed by atoms with E-state index < -0.39 is 18.0 Å². The molecule has 0 aromatic carbocycles. The minimum atomic E-state index is -1.11. The van der Waals surface area contributed by atoms with E-state index in [4.69, 9.17) is 0 Å². The number of aliphatic carboxylic acids is 1. The molecule has 0 spiro atoms. The Labute approximate surface area is 137 Å². The Morgan fingerprint density at radius 1 is 1.43 bits per heavy atom. The number of amides is 1. The Hall–Kier alpha value is -1.93. The second-order valence-electron chi connectivity index (χ2n) is 5.75. The zero-order valence-electron chi connectivity index (χ0n) is 12.7. The molecular weight excluding hydrogens is 318 g/mol. The average Bonchev–Trinajstić information content (AvgIpc) is 2.75. The molecule has 1 aromatic heterocycles. The van der Waals surface area contributed by atoms with Gasteiger partial charge in [0, 0.05) is 24.1 Å². The van der Waals surface area contributed by atoms with Crippen molar-refractivity contribution in [3.05, 3.63) is 29.7 Å². The maximum atomic E-state index is 12.2. The van der Waals surface area contributed by atoms with E-state index in [1.807, 2.05) is 6.92 Å². The number of carbonyl (C=O) groups excluding carboxylic acids is 1. The standard InChI is InChI=1S/C15H17N3O4S/c1-7-9(6-23-15-16-4-3-5-17-15)12(14(21)22)18-11(7)10(8(2)19)13(18)20/h3-5,7-8,10-11,19H,6H2,1-2H3,(H,21,22)/t7-,8+,10?,11?/m0/s1. The van der Waals surface area contributed by atoms with Crippen LogP contribution in [0.4, 0.5) is 0 Å². The Kier molecular flexibility index (Phi) is 4.11. The Morgan fingerprint density at radius 3 is 2.65 bits per heavy atom. The van der Waals surface area contributed by atoms with E-state index in [9.17, 15) is 19.8 Å². The summed E-state index contributed by atoms with van der Waals surface area (Å²) in [5.41, 5.74) is 0.740. The molecule has 0 radical (unpaired) electrons. The predicted molar refractivity (Wildman–Crippen MR) is 82.4 cm³/mol. The average molecular weight is 335 g/mol. The van der Waals surface area contributed by atoms with E-state index in [-0.39, 0.29) is 23.6 Å². The highest BCUT2D eigenvalue weighted by Gasteiger charge is 2.59. The lowest BCUT2D eigenvalue weighted by Gasteiger charge is -2.46. The molecule has 2 aliphatic heterocycles. The van der Waals surface area contributed by atoms with Crippen LogP contribution in [0.2, 0.25) is 0 Å². The maximum Gasteiger partial charge on any atom is 0.352 e. The molecule has 2 unspecified atom stereocenters. The molecule has 0 aliphatic carbocycles. The fourth-order valence-electron chi connectivity index (χ4n) is 3.34. The summed E-state index contributed by atoms with van der Waals surface area (Å²) in [6, 6.07) is 1.43. The molecule has 2 N–H and O–H groups in total. The van der Waals surface area contributed by atoms with E-state index in [2.05, 4.69) is 9.97 Å². The van der Waals surface area contributed by atoms with Crippen molar-refractivity contribution in [1.29, 1.82) is 0 Å². The molecule has 0 bridgehead atoms. The first kappa shape index (κ1) is 15.9. The molecule has 122 valence electrons. The van der Waals surface area contributed by atoms with Crippen LogP contribution in [0.3, 0.4) is 0 Å². The number of fused-ring (bicyclic) bond motifs is 1. The van der Waals surface area contributed by atoms with Crippen LogP contribution >= 0.6 is 11.8 Å². The van der Waals surface area contributed by atoms with Crippen molar-refractivity contribution < 1.29 is 19.8 Å². The number of nitrogens with zero attached hydrogens (tertiary/aromatic N) is 3. The lowest BCUT2D eigenvalue weighted by molar-refractivity contribution is -0.163. The minimum Gasteiger partial charge on any atom is -0.477 e. The highest BCUT2D eigenvalue weighted by molar-refractivity contribution is 7.99. The van der Waals surface area contributed by atoms with Gasteiger partial charge >= 0.3 is 5.97 Å². The zero-order chi connectivity index (χ0) is 16.7. The van der Waals surface area contributed by atoms with Gasteiger partial charge < -0.3 is 15.1 Å². The molecular formula is C15H17N3O4S. The van der Waals surface area contributed by atoms with Crippen molar-refractivity contribution in [3.8, 4) is 0 Å². The van der Waals surface area contributed by atoms with E-state index in [0.29, 0.717) is 16.5 Å². The maximum absolute atomic E-state index is 12.2. The topological polar surface area (TPSA) is 104 Å². The van der Waals surface area contributed by atoms with Gasteiger partial charge in [-0.25, -0.2) is 14.8 Å². The third-order valence-corrected chi connectivity index (χ3v) is 5.34. The Bertz CT molecular complexity index is 677. The van der Waals surface area contributed by atoms with E-state index >= 15 is 0 Å². The number of aliphatic hydroxyl groups is 1. The monoisotopic (exact) mass is 335 g/mol. The fourth-order valence-corrected chi connectivity index (χ4v) is 4.29. The van der Waals surface area contributed by atoms with E-state index in [1.54, 1.807) is 25.4 Å². The minimum absolute atomic E-state index is 0.0489. The molecule has 2 aliphatic rings. The summed E-state index contributed by atoms with van der Waals surface area (Å²) in [7, 11) is 0. The lowest BCUT2D eigenvalue weighted by atomic mass is 9.78. The molecule has 3 rings (SSSR count). The lowest BCUT2D eigenvalue weighted by Crippen LogP contribution is -2.63. The molecule has 7 nitrogen and oxygen atoms in total. The van der Waals surface area contributed by atoms with Crippen molar-refractivity contribution in [3.63, 3.8) is 0 Å². The van der Waals surface area contributed by atoms with Gasteiger partial charge in [-0.15, -0.1) is 0 Å². The Morgan fingerprint density at radius 2 is 2.09 bits per heavy atom. The van der Waals surface area contributed by atoms with Crippen LogP contribution in [0.5, 0.6) is 0 Å². The largest absolute Gasteiger partial charge is 0.477 e. The quantitative estimate of drug-likeness (QED) is 0.465. The van der Waals surface area contributed by atoms with Gasteiger partial charge in [-0.3, -0.25) is 4.79 Å². The van der Waals surface area contributed by atoms with E-state index in [0.717, 1.165) is 0 Å². The van der Waals surface area contributed by atoms with Crippen LogP contribution in [-0.4, -0.2) is 54.9 Å². The molecule has 1 fully saturated rings. The molecule has 4 atom stereocenters. The Balaban J connectivity index is 1.86. The van der Waals surface area contributed by atoms with E-state index in [1.165, 1.54) is 16.7 Å². The number of hydrogen-bond donors (Lipinski definition) is 2. The second-order valence-corrected chi connectivity index (χ2v) is 6.70. The number of β-lactam (4-membered cyclic amide) rings is 1. The molecule has 3 heterocycles. The number of carboxylic acids is 1. The molecule has 1 amide bonds. The number of aliphatic hydroxyl groups excluding tert-OH is 1. The zero-order valence-corrected chi connectivity index (χ0v) is 13.5. The van der Waals surface area contributed by atoms with Crippen molar-refractivity contribution in [2.24, 2.45) is 11.8 Å². The van der Waals surface area contributed by atoms with Crippen molar-refractivity contribution >= 4 is 23.6 Å². The summed E-state index contributed by atoms with van der Waals surface area (Å²) in [6.45, 7) is 3.47. The highest BCUT2D eigenvalue weighted by atomic mass is 32.2. The van der Waals surface area contributed by atoms with Crippen molar-refractivity contribution in [2.75, 3.05) is 5.75 Å². The van der Waals surface area contributed by atoms with Crippen LogP contribution in [0.1, 0.15) is 13.8 Å². The first-order valence-corrected chi connectivity index (χ1v) is 8.29. The number of hydrogen-bond acceptors (Lipinski definition) is 6. The van der Waals surface area contributed by atoms with Gasteiger partial charge in [-0.05, 0) is 18.6 Å². The summed E-state index contributed by atoms with van der Waals surface area (Å²) < 4.78 is 0. The SMILES string of the molecule is C[C@@H](O)C1C(=O)N2C(C(=O)O)=C(CSc3ncccn3)[C@H](C)C12. The number of rotatable bonds is 5. The smallest absolute Gasteiger partial charge is 0.352 e. The predicted octanol–water partition coefficient (Wildman–Crippen LogP) is 0.765. The summed E-state index contributed by atoms with van der Waals surface area (Å²) >= 11 is 1.34. The molecule has 0 saturated carbocycles. The summed E-state index contributed by atoms with van der Waals surface area (Å²) in [6.07, 6.45) is 2.46.